The second-order valence-corrected chi connectivity index (χ2v) is 9.14. The number of aromatic nitrogens is 2. The first kappa shape index (κ1) is 25.9. The van der Waals surface area contributed by atoms with Crippen LogP contribution in [0.1, 0.15) is 52.4 Å². The average molecular weight is 508 g/mol. The van der Waals surface area contributed by atoms with Gasteiger partial charge in [-0.05, 0) is 48.7 Å². The molecule has 194 valence electrons. The minimum absolute atomic E-state index is 0.0248. The van der Waals surface area contributed by atoms with E-state index in [1.807, 2.05) is 31.2 Å². The van der Waals surface area contributed by atoms with E-state index in [-0.39, 0.29) is 36.9 Å². The maximum Gasteiger partial charge on any atom is 0.273 e. The standard InChI is InChI=1S/C27H30FN5O4/c1-4-12-33-25(35)23-22(24(34)29-15-19-6-5-7-20(28)13-19)31-17-32(23)16-27(33,2)26(36)30-14-18-8-10-21(37-3)11-9-18/h5-11,13,17H,4,12,14-16H2,1-3H3,(H,29,34)(H,30,36). The van der Waals surface area contributed by atoms with Crippen molar-refractivity contribution in [1.82, 2.24) is 25.1 Å². The fraction of sp³-hybridized carbons (Fsp3) is 0.333. The van der Waals surface area contributed by atoms with Gasteiger partial charge in [0.25, 0.3) is 11.8 Å². The molecule has 2 heterocycles. The predicted molar refractivity (Wildman–Crippen MR) is 134 cm³/mol. The highest BCUT2D eigenvalue weighted by Gasteiger charge is 2.48. The number of halogens is 1. The zero-order valence-electron chi connectivity index (χ0n) is 21.1. The molecule has 2 N–H and O–H groups in total. The van der Waals surface area contributed by atoms with Gasteiger partial charge in [-0.3, -0.25) is 14.4 Å². The second-order valence-electron chi connectivity index (χ2n) is 9.14. The van der Waals surface area contributed by atoms with Crippen molar-refractivity contribution in [2.45, 2.75) is 45.4 Å². The molecular weight excluding hydrogens is 477 g/mol. The molecule has 1 aromatic heterocycles. The summed E-state index contributed by atoms with van der Waals surface area (Å²) < 4.78 is 20.2. The van der Waals surface area contributed by atoms with E-state index in [0.29, 0.717) is 18.5 Å². The number of nitrogens with one attached hydrogen (secondary N) is 2. The van der Waals surface area contributed by atoms with Gasteiger partial charge in [-0.25, -0.2) is 9.37 Å². The van der Waals surface area contributed by atoms with Gasteiger partial charge in [-0.15, -0.1) is 0 Å². The molecule has 0 radical (unpaired) electrons. The molecule has 4 rings (SSSR count). The molecule has 9 nitrogen and oxygen atoms in total. The zero-order valence-corrected chi connectivity index (χ0v) is 21.1. The third-order valence-corrected chi connectivity index (χ3v) is 6.47. The topological polar surface area (TPSA) is 106 Å². The lowest BCUT2D eigenvalue weighted by atomic mass is 9.93. The lowest BCUT2D eigenvalue weighted by Crippen LogP contribution is -2.64. The van der Waals surface area contributed by atoms with Crippen LogP contribution in [0.25, 0.3) is 0 Å². The van der Waals surface area contributed by atoms with E-state index >= 15 is 0 Å². The molecule has 3 amide bonds. The number of benzene rings is 2. The molecule has 2 aromatic carbocycles. The summed E-state index contributed by atoms with van der Waals surface area (Å²) in [5.41, 5.74) is 0.403. The number of ether oxygens (including phenoxy) is 1. The number of hydrogen-bond donors (Lipinski definition) is 2. The van der Waals surface area contributed by atoms with Gasteiger partial charge in [-0.2, -0.15) is 0 Å². The molecule has 1 atom stereocenters. The molecule has 1 aliphatic rings. The number of rotatable bonds is 9. The van der Waals surface area contributed by atoms with Crippen LogP contribution in [0.4, 0.5) is 4.39 Å². The van der Waals surface area contributed by atoms with Crippen LogP contribution >= 0.6 is 0 Å². The predicted octanol–water partition coefficient (Wildman–Crippen LogP) is 2.90. The van der Waals surface area contributed by atoms with Crippen LogP contribution in [-0.4, -0.2) is 51.4 Å². The summed E-state index contributed by atoms with van der Waals surface area (Å²) in [4.78, 5) is 45.6. The Kier molecular flexibility index (Phi) is 7.56. The van der Waals surface area contributed by atoms with Crippen LogP contribution in [0.15, 0.2) is 54.9 Å². The van der Waals surface area contributed by atoms with E-state index in [9.17, 15) is 18.8 Å². The van der Waals surface area contributed by atoms with Crippen molar-refractivity contribution in [3.63, 3.8) is 0 Å². The molecule has 37 heavy (non-hydrogen) atoms. The zero-order chi connectivity index (χ0) is 26.6. The highest BCUT2D eigenvalue weighted by Crippen LogP contribution is 2.29. The molecule has 0 fully saturated rings. The number of imidazole rings is 1. The third kappa shape index (κ3) is 5.32. The molecule has 1 unspecified atom stereocenters. The Bertz CT molecular complexity index is 1310. The quantitative estimate of drug-likeness (QED) is 0.463. The SMILES string of the molecule is CCCN1C(=O)c2c(C(=O)NCc3cccc(F)c3)ncn2CC1(C)C(=O)NCc1ccc(OC)cc1. The van der Waals surface area contributed by atoms with Gasteiger partial charge in [0, 0.05) is 19.6 Å². The highest BCUT2D eigenvalue weighted by molar-refractivity contribution is 6.07. The molecule has 0 spiro atoms. The molecule has 0 aliphatic carbocycles. The van der Waals surface area contributed by atoms with E-state index < -0.39 is 23.2 Å². The first-order valence-electron chi connectivity index (χ1n) is 12.1. The van der Waals surface area contributed by atoms with Gasteiger partial charge in [-0.1, -0.05) is 31.2 Å². The van der Waals surface area contributed by atoms with Crippen molar-refractivity contribution in [3.05, 3.63) is 83.2 Å². The number of hydrogen-bond acceptors (Lipinski definition) is 5. The highest BCUT2D eigenvalue weighted by atomic mass is 19.1. The van der Waals surface area contributed by atoms with Crippen molar-refractivity contribution in [2.75, 3.05) is 13.7 Å². The largest absolute Gasteiger partial charge is 0.497 e. The Hall–Kier alpha value is -4.21. The lowest BCUT2D eigenvalue weighted by molar-refractivity contribution is -0.133. The maximum absolute atomic E-state index is 13.6. The fourth-order valence-corrected chi connectivity index (χ4v) is 4.46. The van der Waals surface area contributed by atoms with Gasteiger partial charge >= 0.3 is 0 Å². The van der Waals surface area contributed by atoms with Gasteiger partial charge in [0.15, 0.2) is 5.69 Å². The van der Waals surface area contributed by atoms with Crippen LogP contribution in [0.5, 0.6) is 5.75 Å². The minimum Gasteiger partial charge on any atom is -0.497 e. The van der Waals surface area contributed by atoms with E-state index in [1.165, 1.54) is 23.4 Å². The molecule has 0 saturated heterocycles. The maximum atomic E-state index is 13.6. The van der Waals surface area contributed by atoms with Gasteiger partial charge in [0.2, 0.25) is 5.91 Å². The van der Waals surface area contributed by atoms with E-state index in [4.69, 9.17) is 4.74 Å². The van der Waals surface area contributed by atoms with Crippen LogP contribution in [0, 0.1) is 5.82 Å². The first-order chi connectivity index (χ1) is 17.8. The van der Waals surface area contributed by atoms with Crippen LogP contribution < -0.4 is 15.4 Å². The van der Waals surface area contributed by atoms with Crippen molar-refractivity contribution >= 4 is 17.7 Å². The van der Waals surface area contributed by atoms with Gasteiger partial charge < -0.3 is 24.8 Å². The Morgan fingerprint density at radius 2 is 1.84 bits per heavy atom. The first-order valence-corrected chi connectivity index (χ1v) is 12.1. The molecule has 3 aromatic rings. The third-order valence-electron chi connectivity index (χ3n) is 6.47. The lowest BCUT2D eigenvalue weighted by Gasteiger charge is -2.43. The Balaban J connectivity index is 1.52. The van der Waals surface area contributed by atoms with Gasteiger partial charge in [0.1, 0.15) is 22.8 Å². The number of amides is 3. The molecular formula is C27H30FN5O4. The summed E-state index contributed by atoms with van der Waals surface area (Å²) in [6.45, 7) is 4.49. The van der Waals surface area contributed by atoms with Crippen LogP contribution in [-0.2, 0) is 24.4 Å². The fourth-order valence-electron chi connectivity index (χ4n) is 4.46. The van der Waals surface area contributed by atoms with Crippen molar-refractivity contribution in [1.29, 1.82) is 0 Å². The number of fused-ring (bicyclic) bond motifs is 1. The number of carbonyl (C=O) groups is 3. The number of methoxy groups -OCH3 is 1. The summed E-state index contributed by atoms with van der Waals surface area (Å²) in [7, 11) is 1.59. The molecule has 10 heteroatoms. The summed E-state index contributed by atoms with van der Waals surface area (Å²) in [5, 5.41) is 5.64. The van der Waals surface area contributed by atoms with Gasteiger partial charge in [0.05, 0.1) is 20.0 Å². The molecule has 0 bridgehead atoms. The summed E-state index contributed by atoms with van der Waals surface area (Å²) >= 11 is 0. The summed E-state index contributed by atoms with van der Waals surface area (Å²) in [6.07, 6.45) is 2.03. The van der Waals surface area contributed by atoms with E-state index in [0.717, 1.165) is 11.3 Å². The van der Waals surface area contributed by atoms with Crippen molar-refractivity contribution in [3.8, 4) is 5.75 Å². The Morgan fingerprint density at radius 1 is 1.11 bits per heavy atom. The van der Waals surface area contributed by atoms with Crippen molar-refractivity contribution < 1.29 is 23.5 Å². The monoisotopic (exact) mass is 507 g/mol. The minimum atomic E-state index is -1.18. The summed E-state index contributed by atoms with van der Waals surface area (Å²) in [5.74, 6) is -0.973. The van der Waals surface area contributed by atoms with E-state index in [2.05, 4.69) is 15.6 Å². The Labute approximate surface area is 214 Å². The average Bonchev–Trinajstić information content (AvgIpc) is 3.32. The van der Waals surface area contributed by atoms with Crippen molar-refractivity contribution in [2.24, 2.45) is 0 Å². The van der Waals surface area contributed by atoms with Crippen LogP contribution in [0.3, 0.4) is 0 Å². The second kappa shape index (κ2) is 10.8. The Morgan fingerprint density at radius 3 is 2.51 bits per heavy atom. The molecule has 0 saturated carbocycles. The summed E-state index contributed by atoms with van der Waals surface area (Å²) in [6, 6.07) is 13.2. The normalized spacial score (nSPS) is 16.8. The van der Waals surface area contributed by atoms with E-state index in [1.54, 1.807) is 30.7 Å². The molecule has 1 aliphatic heterocycles. The number of carbonyl (C=O) groups excluding carboxylic acids is 3. The number of nitrogens with zero attached hydrogens (tertiary/aromatic N) is 3. The smallest absolute Gasteiger partial charge is 0.273 e. The van der Waals surface area contributed by atoms with Crippen LogP contribution in [0.2, 0.25) is 0 Å².